The molecule has 0 saturated heterocycles. The summed E-state index contributed by atoms with van der Waals surface area (Å²) < 4.78 is 82.1. The van der Waals surface area contributed by atoms with Gasteiger partial charge >= 0.3 is 12.4 Å². The average Bonchev–Trinajstić information content (AvgIpc) is 3.24. The highest BCUT2D eigenvalue weighted by Gasteiger charge is 2.72. The number of thiophene rings is 1. The molecule has 0 bridgehead atoms. The van der Waals surface area contributed by atoms with Crippen LogP contribution in [0.25, 0.3) is 10.4 Å². The van der Waals surface area contributed by atoms with Crippen LogP contribution >= 0.6 is 11.3 Å². The third-order valence-electron chi connectivity index (χ3n) is 5.51. The number of alkyl halides is 6. The average molecular weight is 488 g/mol. The molecule has 1 aromatic heterocycles. The predicted molar refractivity (Wildman–Crippen MR) is 115 cm³/mol. The van der Waals surface area contributed by atoms with Gasteiger partial charge < -0.3 is 10.2 Å². The van der Waals surface area contributed by atoms with Crippen LogP contribution in [0.2, 0.25) is 0 Å². The summed E-state index contributed by atoms with van der Waals surface area (Å²) in [5.41, 5.74) is -4.90. The fraction of sp³-hybridized carbons (Fsp3) is 0.333. The maximum absolute atomic E-state index is 13.7. The van der Waals surface area contributed by atoms with Crippen LogP contribution in [0.5, 0.6) is 0 Å². The van der Waals surface area contributed by atoms with Crippen molar-refractivity contribution >= 4 is 11.3 Å². The summed E-state index contributed by atoms with van der Waals surface area (Å²) in [5.74, 6) is 0. The molecule has 2 nitrogen and oxygen atoms in total. The summed E-state index contributed by atoms with van der Waals surface area (Å²) in [6.45, 7) is 1.37. The van der Waals surface area contributed by atoms with Crippen molar-refractivity contribution in [3.63, 3.8) is 0 Å². The van der Waals surface area contributed by atoms with E-state index < -0.39 is 23.5 Å². The Kier molecular flexibility index (Phi) is 7.26. The van der Waals surface area contributed by atoms with Crippen LogP contribution < -0.4 is 0 Å². The van der Waals surface area contributed by atoms with E-state index in [9.17, 15) is 31.4 Å². The lowest BCUT2D eigenvalue weighted by Crippen LogP contribution is -2.54. The van der Waals surface area contributed by atoms with Gasteiger partial charge in [-0.25, -0.2) is 0 Å². The monoisotopic (exact) mass is 488 g/mol. The number of aliphatic hydroxyl groups is 2. The van der Waals surface area contributed by atoms with Crippen LogP contribution in [0.4, 0.5) is 26.3 Å². The standard InChI is InChI=1S/C24H22F6O2S/c1-2-17-4-3-5-19(21(17)22(32,23(25,26)27)24(28,29)30)20-13-12-18(33-20)11-10-15-6-8-16(14-31)9-7-15/h3-9,12-13,31-32H,2,10-11,14H2,1H3. The molecule has 0 fully saturated rings. The van der Waals surface area contributed by atoms with Gasteiger partial charge in [0, 0.05) is 15.3 Å². The first-order chi connectivity index (χ1) is 15.4. The molecule has 0 aliphatic carbocycles. The number of hydrogen-bond donors (Lipinski definition) is 2. The van der Waals surface area contributed by atoms with Crippen molar-refractivity contribution in [2.75, 3.05) is 0 Å². The third kappa shape index (κ3) is 4.95. The first-order valence-corrected chi connectivity index (χ1v) is 11.0. The summed E-state index contributed by atoms with van der Waals surface area (Å²) in [6.07, 6.45) is -10.9. The molecule has 0 aliphatic rings. The molecule has 0 radical (unpaired) electrons. The van der Waals surface area contributed by atoms with Crippen molar-refractivity contribution in [2.24, 2.45) is 0 Å². The van der Waals surface area contributed by atoms with E-state index >= 15 is 0 Å². The Morgan fingerprint density at radius 2 is 1.39 bits per heavy atom. The van der Waals surface area contributed by atoms with Crippen molar-refractivity contribution in [1.82, 2.24) is 0 Å². The van der Waals surface area contributed by atoms with Gasteiger partial charge in [-0.2, -0.15) is 26.3 Å². The van der Waals surface area contributed by atoms with Crippen LogP contribution in [-0.2, 0) is 31.5 Å². The number of benzene rings is 2. The van der Waals surface area contributed by atoms with Gasteiger partial charge in [0.15, 0.2) is 0 Å². The highest BCUT2D eigenvalue weighted by atomic mass is 32.1. The van der Waals surface area contributed by atoms with Gasteiger partial charge in [0.1, 0.15) is 0 Å². The van der Waals surface area contributed by atoms with Crippen molar-refractivity contribution in [3.8, 4) is 10.4 Å². The zero-order valence-corrected chi connectivity index (χ0v) is 18.4. The minimum Gasteiger partial charge on any atom is -0.392 e. The van der Waals surface area contributed by atoms with E-state index in [-0.39, 0.29) is 29.0 Å². The molecule has 3 rings (SSSR count). The normalized spacial score (nSPS) is 12.9. The molecular formula is C24H22F6O2S. The zero-order chi connectivity index (χ0) is 24.4. The first kappa shape index (κ1) is 25.3. The number of hydrogen-bond acceptors (Lipinski definition) is 3. The van der Waals surface area contributed by atoms with Gasteiger partial charge in [0.25, 0.3) is 5.60 Å². The molecule has 0 unspecified atom stereocenters. The highest BCUT2D eigenvalue weighted by Crippen LogP contribution is 2.53. The molecule has 0 atom stereocenters. The smallest absolute Gasteiger partial charge is 0.392 e. The van der Waals surface area contributed by atoms with Crippen LogP contribution in [0.15, 0.2) is 54.6 Å². The van der Waals surface area contributed by atoms with E-state index in [0.29, 0.717) is 12.8 Å². The number of rotatable bonds is 7. The largest absolute Gasteiger partial charge is 0.430 e. The Morgan fingerprint density at radius 3 is 1.94 bits per heavy atom. The Bertz CT molecular complexity index is 1070. The second kappa shape index (κ2) is 9.48. The second-order valence-electron chi connectivity index (χ2n) is 7.64. The summed E-state index contributed by atoms with van der Waals surface area (Å²) in [6, 6.07) is 14.2. The lowest BCUT2D eigenvalue weighted by atomic mass is 9.83. The molecule has 1 heterocycles. The van der Waals surface area contributed by atoms with Crippen molar-refractivity contribution in [2.45, 2.75) is 50.7 Å². The van der Waals surface area contributed by atoms with E-state index in [1.54, 1.807) is 18.2 Å². The van der Waals surface area contributed by atoms with E-state index in [2.05, 4.69) is 0 Å². The Morgan fingerprint density at radius 1 is 0.788 bits per heavy atom. The van der Waals surface area contributed by atoms with E-state index in [1.165, 1.54) is 31.2 Å². The molecule has 9 heteroatoms. The number of aryl methyl sites for hydroxylation is 3. The fourth-order valence-corrected chi connectivity index (χ4v) is 4.75. The van der Waals surface area contributed by atoms with Crippen LogP contribution in [0.3, 0.4) is 0 Å². The maximum atomic E-state index is 13.7. The summed E-state index contributed by atoms with van der Waals surface area (Å²) in [7, 11) is 0. The van der Waals surface area contributed by atoms with E-state index in [4.69, 9.17) is 5.11 Å². The first-order valence-electron chi connectivity index (χ1n) is 10.2. The highest BCUT2D eigenvalue weighted by molar-refractivity contribution is 7.15. The second-order valence-corrected chi connectivity index (χ2v) is 8.81. The van der Waals surface area contributed by atoms with Gasteiger partial charge in [-0.15, -0.1) is 11.3 Å². The zero-order valence-electron chi connectivity index (χ0n) is 17.6. The van der Waals surface area contributed by atoms with Crippen LogP contribution in [-0.4, -0.2) is 22.6 Å². The Labute approximate surface area is 191 Å². The number of aliphatic hydroxyl groups excluding tert-OH is 1. The van der Waals surface area contributed by atoms with E-state index in [0.717, 1.165) is 27.3 Å². The van der Waals surface area contributed by atoms with Crippen molar-refractivity contribution < 1.29 is 36.6 Å². The summed E-state index contributed by atoms with van der Waals surface area (Å²) >= 11 is 1.10. The minimum atomic E-state index is -5.95. The van der Waals surface area contributed by atoms with Crippen molar-refractivity contribution in [1.29, 1.82) is 0 Å². The molecule has 2 N–H and O–H groups in total. The Balaban J connectivity index is 2.00. The minimum absolute atomic E-state index is 0.0735. The van der Waals surface area contributed by atoms with Crippen molar-refractivity contribution in [3.05, 3.63) is 81.7 Å². The molecule has 0 aliphatic heterocycles. The maximum Gasteiger partial charge on any atom is 0.430 e. The summed E-state index contributed by atoms with van der Waals surface area (Å²) in [4.78, 5) is 1.00. The predicted octanol–water partition coefficient (Wildman–Crippen LogP) is 6.57. The van der Waals surface area contributed by atoms with Gasteiger partial charge in [0.05, 0.1) is 6.61 Å². The third-order valence-corrected chi connectivity index (χ3v) is 6.68. The summed E-state index contributed by atoms with van der Waals surface area (Å²) in [5, 5.41) is 19.3. The quantitative estimate of drug-likeness (QED) is 0.370. The lowest BCUT2D eigenvalue weighted by Gasteiger charge is -2.35. The van der Waals surface area contributed by atoms with Crippen LogP contribution in [0.1, 0.15) is 34.1 Å². The fourth-order valence-electron chi connectivity index (χ4n) is 3.71. The molecule has 3 aromatic rings. The van der Waals surface area contributed by atoms with Gasteiger partial charge in [-0.1, -0.05) is 49.4 Å². The molecule has 0 spiro atoms. The van der Waals surface area contributed by atoms with Gasteiger partial charge in [0.2, 0.25) is 0 Å². The molecule has 0 amide bonds. The van der Waals surface area contributed by atoms with Gasteiger partial charge in [-0.05, 0) is 53.6 Å². The molecule has 33 heavy (non-hydrogen) atoms. The topological polar surface area (TPSA) is 40.5 Å². The molecular weight excluding hydrogens is 466 g/mol. The lowest BCUT2D eigenvalue weighted by molar-refractivity contribution is -0.376. The van der Waals surface area contributed by atoms with Crippen LogP contribution in [0, 0.1) is 0 Å². The Hall–Kier alpha value is -2.36. The molecule has 178 valence electrons. The molecule has 0 saturated carbocycles. The number of halogens is 6. The molecule has 2 aromatic carbocycles. The SMILES string of the molecule is CCc1cccc(-c2ccc(CCc3ccc(CO)cc3)s2)c1C(O)(C(F)(F)F)C(F)(F)F. The van der Waals surface area contributed by atoms with Gasteiger partial charge in [-0.3, -0.25) is 0 Å². The van der Waals surface area contributed by atoms with E-state index in [1.807, 2.05) is 12.1 Å².